The Balaban J connectivity index is 0.00000161. The molecule has 0 fully saturated rings. The summed E-state index contributed by atoms with van der Waals surface area (Å²) < 4.78 is 0. The van der Waals surface area contributed by atoms with Crippen molar-refractivity contribution in [3.8, 4) is 0 Å². The topological polar surface area (TPSA) is 3.24 Å². The predicted molar refractivity (Wildman–Crippen MR) is 94.8 cm³/mol. The fourth-order valence-corrected chi connectivity index (χ4v) is 3.61. The van der Waals surface area contributed by atoms with Gasteiger partial charge in [-0.1, -0.05) is 35.9 Å². The first-order chi connectivity index (χ1) is 9.81. The standard InChI is InChI=1S/C17H18ClNS.ClH/c18-16-5-7-17(8-6-16)20-12-11-19-10-9-14-3-1-2-4-15(14)13-19;/h1-8H,9-13H2;1H. The van der Waals surface area contributed by atoms with Crippen LogP contribution in [0.5, 0.6) is 0 Å². The molecule has 2 aromatic carbocycles. The second-order valence-electron chi connectivity index (χ2n) is 5.10. The molecule has 0 aromatic heterocycles. The molecule has 0 amide bonds. The van der Waals surface area contributed by atoms with Crippen LogP contribution >= 0.6 is 35.8 Å². The minimum Gasteiger partial charge on any atom is -0.298 e. The monoisotopic (exact) mass is 339 g/mol. The number of halogens is 2. The molecule has 0 radical (unpaired) electrons. The van der Waals surface area contributed by atoms with Crippen LogP contribution in [-0.4, -0.2) is 23.7 Å². The highest BCUT2D eigenvalue weighted by Crippen LogP contribution is 2.22. The van der Waals surface area contributed by atoms with Crippen molar-refractivity contribution in [2.75, 3.05) is 18.8 Å². The highest BCUT2D eigenvalue weighted by Gasteiger charge is 2.14. The van der Waals surface area contributed by atoms with Gasteiger partial charge < -0.3 is 0 Å². The maximum atomic E-state index is 5.90. The molecule has 0 bridgehead atoms. The van der Waals surface area contributed by atoms with Crippen molar-refractivity contribution < 1.29 is 0 Å². The maximum absolute atomic E-state index is 5.90. The van der Waals surface area contributed by atoms with Gasteiger partial charge in [0.05, 0.1) is 0 Å². The summed E-state index contributed by atoms with van der Waals surface area (Å²) in [6.45, 7) is 3.41. The summed E-state index contributed by atoms with van der Waals surface area (Å²) in [6, 6.07) is 16.9. The third kappa shape index (κ3) is 4.65. The number of nitrogens with zero attached hydrogens (tertiary/aromatic N) is 1. The van der Waals surface area contributed by atoms with Crippen molar-refractivity contribution in [2.45, 2.75) is 17.9 Å². The molecular formula is C17H19Cl2NS. The average molecular weight is 340 g/mol. The summed E-state index contributed by atoms with van der Waals surface area (Å²) in [7, 11) is 0. The van der Waals surface area contributed by atoms with Crippen LogP contribution in [0.1, 0.15) is 11.1 Å². The molecule has 1 heterocycles. The van der Waals surface area contributed by atoms with Crippen molar-refractivity contribution in [3.63, 3.8) is 0 Å². The Bertz CT molecular complexity index is 571. The number of hydrogen-bond acceptors (Lipinski definition) is 2. The summed E-state index contributed by atoms with van der Waals surface area (Å²) in [4.78, 5) is 3.84. The fraction of sp³-hybridized carbons (Fsp3) is 0.294. The van der Waals surface area contributed by atoms with Crippen molar-refractivity contribution in [3.05, 3.63) is 64.7 Å². The summed E-state index contributed by atoms with van der Waals surface area (Å²) in [6.07, 6.45) is 1.18. The Hall–Kier alpha value is -0.670. The largest absolute Gasteiger partial charge is 0.298 e. The van der Waals surface area contributed by atoms with E-state index in [4.69, 9.17) is 11.6 Å². The lowest BCUT2D eigenvalue weighted by atomic mass is 10.0. The van der Waals surface area contributed by atoms with Crippen LogP contribution in [-0.2, 0) is 13.0 Å². The SMILES string of the molecule is Cl.Clc1ccc(SCCN2CCc3ccccc3C2)cc1. The van der Waals surface area contributed by atoms with E-state index in [1.165, 1.54) is 29.0 Å². The van der Waals surface area contributed by atoms with Gasteiger partial charge in [-0.15, -0.1) is 24.2 Å². The van der Waals surface area contributed by atoms with E-state index in [0.717, 1.165) is 23.9 Å². The van der Waals surface area contributed by atoms with Crippen LogP contribution in [0.15, 0.2) is 53.4 Å². The van der Waals surface area contributed by atoms with E-state index >= 15 is 0 Å². The van der Waals surface area contributed by atoms with E-state index in [1.807, 2.05) is 23.9 Å². The molecule has 3 rings (SSSR count). The quantitative estimate of drug-likeness (QED) is 0.728. The molecule has 0 unspecified atom stereocenters. The van der Waals surface area contributed by atoms with E-state index in [0.29, 0.717) is 0 Å². The van der Waals surface area contributed by atoms with Gasteiger partial charge in [-0.2, -0.15) is 0 Å². The first-order valence-electron chi connectivity index (χ1n) is 6.99. The van der Waals surface area contributed by atoms with E-state index in [2.05, 4.69) is 41.3 Å². The van der Waals surface area contributed by atoms with Crippen molar-refractivity contribution in [1.82, 2.24) is 4.90 Å². The van der Waals surface area contributed by atoms with Gasteiger partial charge in [-0.3, -0.25) is 4.90 Å². The van der Waals surface area contributed by atoms with Crippen LogP contribution in [0.4, 0.5) is 0 Å². The lowest BCUT2D eigenvalue weighted by Gasteiger charge is -2.28. The van der Waals surface area contributed by atoms with Gasteiger partial charge in [-0.05, 0) is 41.8 Å². The zero-order valence-electron chi connectivity index (χ0n) is 11.8. The van der Waals surface area contributed by atoms with Gasteiger partial charge in [-0.25, -0.2) is 0 Å². The number of fused-ring (bicyclic) bond motifs is 1. The Kier molecular flexibility index (Phi) is 6.43. The Morgan fingerprint density at radius 3 is 2.48 bits per heavy atom. The van der Waals surface area contributed by atoms with Crippen molar-refractivity contribution in [2.24, 2.45) is 0 Å². The first kappa shape index (κ1) is 16.7. The molecule has 0 aliphatic carbocycles. The molecule has 4 heteroatoms. The predicted octanol–water partition coefficient (Wildman–Crippen LogP) is 4.91. The van der Waals surface area contributed by atoms with Crippen molar-refractivity contribution >= 4 is 35.8 Å². The molecular weight excluding hydrogens is 321 g/mol. The number of benzene rings is 2. The molecule has 0 spiro atoms. The second kappa shape index (κ2) is 8.09. The van der Waals surface area contributed by atoms with Crippen LogP contribution in [0.3, 0.4) is 0 Å². The van der Waals surface area contributed by atoms with E-state index in [9.17, 15) is 0 Å². The summed E-state index contributed by atoms with van der Waals surface area (Å²) in [5.74, 6) is 1.13. The Morgan fingerprint density at radius 2 is 1.71 bits per heavy atom. The van der Waals surface area contributed by atoms with Gasteiger partial charge in [0.1, 0.15) is 0 Å². The zero-order chi connectivity index (χ0) is 13.8. The van der Waals surface area contributed by atoms with E-state index < -0.39 is 0 Å². The normalized spacial score (nSPS) is 14.3. The molecule has 2 aromatic rings. The molecule has 0 N–H and O–H groups in total. The number of thioether (sulfide) groups is 1. The highest BCUT2D eigenvalue weighted by molar-refractivity contribution is 7.99. The summed E-state index contributed by atoms with van der Waals surface area (Å²) in [5.41, 5.74) is 3.02. The van der Waals surface area contributed by atoms with Gasteiger partial charge in [0.15, 0.2) is 0 Å². The molecule has 1 aliphatic rings. The van der Waals surface area contributed by atoms with Gasteiger partial charge in [0.25, 0.3) is 0 Å². The lowest BCUT2D eigenvalue weighted by Crippen LogP contribution is -2.32. The number of rotatable bonds is 4. The molecule has 1 aliphatic heterocycles. The number of hydrogen-bond donors (Lipinski definition) is 0. The minimum atomic E-state index is 0. The third-order valence-electron chi connectivity index (χ3n) is 3.70. The average Bonchev–Trinajstić information content (AvgIpc) is 2.49. The molecule has 0 saturated carbocycles. The molecule has 112 valence electrons. The highest BCUT2D eigenvalue weighted by atomic mass is 35.5. The summed E-state index contributed by atoms with van der Waals surface area (Å²) in [5, 5.41) is 0.807. The maximum Gasteiger partial charge on any atom is 0.0406 e. The van der Waals surface area contributed by atoms with Crippen LogP contribution in [0, 0.1) is 0 Å². The first-order valence-corrected chi connectivity index (χ1v) is 8.35. The smallest absolute Gasteiger partial charge is 0.0406 e. The van der Waals surface area contributed by atoms with Crippen LogP contribution in [0.25, 0.3) is 0 Å². The van der Waals surface area contributed by atoms with Gasteiger partial charge >= 0.3 is 0 Å². The van der Waals surface area contributed by atoms with Crippen LogP contribution < -0.4 is 0 Å². The Labute approximate surface area is 142 Å². The second-order valence-corrected chi connectivity index (χ2v) is 6.70. The minimum absolute atomic E-state index is 0. The van der Waals surface area contributed by atoms with Gasteiger partial charge in [0, 0.05) is 35.3 Å². The zero-order valence-corrected chi connectivity index (χ0v) is 14.2. The van der Waals surface area contributed by atoms with E-state index in [-0.39, 0.29) is 12.4 Å². The third-order valence-corrected chi connectivity index (χ3v) is 4.94. The summed E-state index contributed by atoms with van der Waals surface area (Å²) >= 11 is 7.80. The fourth-order valence-electron chi connectivity index (χ4n) is 2.57. The van der Waals surface area contributed by atoms with Crippen molar-refractivity contribution in [1.29, 1.82) is 0 Å². The van der Waals surface area contributed by atoms with Gasteiger partial charge in [0.2, 0.25) is 0 Å². The van der Waals surface area contributed by atoms with E-state index in [1.54, 1.807) is 0 Å². The lowest BCUT2D eigenvalue weighted by molar-refractivity contribution is 0.270. The molecule has 0 atom stereocenters. The Morgan fingerprint density at radius 1 is 1.00 bits per heavy atom. The molecule has 0 saturated heterocycles. The molecule has 1 nitrogen and oxygen atoms in total. The van der Waals surface area contributed by atoms with Crippen LogP contribution in [0.2, 0.25) is 5.02 Å². The molecule has 21 heavy (non-hydrogen) atoms.